The number of Topliss-reactive ketones (excluding diaryl/α,β-unsaturated/α-hetero) is 1. The van der Waals surface area contributed by atoms with Gasteiger partial charge in [0.05, 0.1) is 0 Å². The molecule has 3 nitrogen and oxygen atoms in total. The van der Waals surface area contributed by atoms with Crippen LogP contribution < -0.4 is 0 Å². The van der Waals surface area contributed by atoms with Crippen molar-refractivity contribution in [1.29, 1.82) is 0 Å². The summed E-state index contributed by atoms with van der Waals surface area (Å²) in [5, 5.41) is 0. The summed E-state index contributed by atoms with van der Waals surface area (Å²) in [6.07, 6.45) is 3.35. The average Bonchev–Trinajstić information content (AvgIpc) is 2.13. The van der Waals surface area contributed by atoms with E-state index >= 15 is 0 Å². The standard InChI is InChI=1S/C6H8N2O.BrH/c1-5(9)6-7-3-4-8(6)2;/h3-4H,1-2H3;1H. The van der Waals surface area contributed by atoms with E-state index in [-0.39, 0.29) is 22.8 Å². The van der Waals surface area contributed by atoms with E-state index in [0.717, 1.165) is 0 Å². The van der Waals surface area contributed by atoms with E-state index in [4.69, 9.17) is 0 Å². The first-order valence-electron chi connectivity index (χ1n) is 2.70. The van der Waals surface area contributed by atoms with Crippen molar-refractivity contribution in [1.82, 2.24) is 9.55 Å². The molecule has 0 saturated heterocycles. The van der Waals surface area contributed by atoms with Crippen LogP contribution in [0, 0.1) is 0 Å². The van der Waals surface area contributed by atoms with Crippen molar-refractivity contribution >= 4 is 22.8 Å². The second-order valence-corrected chi connectivity index (χ2v) is 1.92. The molecule has 0 atom stereocenters. The topological polar surface area (TPSA) is 34.9 Å². The molecule has 0 aliphatic carbocycles. The summed E-state index contributed by atoms with van der Waals surface area (Å²) in [5.74, 6) is 0.512. The summed E-state index contributed by atoms with van der Waals surface area (Å²) in [7, 11) is 1.80. The van der Waals surface area contributed by atoms with Gasteiger partial charge in [0, 0.05) is 26.4 Å². The van der Waals surface area contributed by atoms with Gasteiger partial charge < -0.3 is 4.57 Å². The van der Waals surface area contributed by atoms with Crippen LogP contribution in [0.5, 0.6) is 0 Å². The Labute approximate surface area is 69.8 Å². The summed E-state index contributed by atoms with van der Waals surface area (Å²) in [4.78, 5) is 14.5. The molecule has 0 aliphatic heterocycles. The molecule has 0 aliphatic rings. The Hall–Kier alpha value is -0.640. The molecule has 4 heteroatoms. The fourth-order valence-corrected chi connectivity index (χ4v) is 0.705. The quantitative estimate of drug-likeness (QED) is 0.645. The molecule has 1 heterocycles. The Kier molecular flexibility index (Phi) is 3.28. The van der Waals surface area contributed by atoms with E-state index in [0.29, 0.717) is 5.82 Å². The van der Waals surface area contributed by atoms with Crippen molar-refractivity contribution in [3.05, 3.63) is 18.2 Å². The van der Waals surface area contributed by atoms with Crippen LogP contribution in [0.25, 0.3) is 0 Å². The minimum Gasteiger partial charge on any atom is -0.332 e. The zero-order chi connectivity index (χ0) is 6.85. The second kappa shape index (κ2) is 3.51. The van der Waals surface area contributed by atoms with Gasteiger partial charge in [0.25, 0.3) is 0 Å². The molecule has 0 amide bonds. The van der Waals surface area contributed by atoms with Crippen molar-refractivity contribution in [3.8, 4) is 0 Å². The molecule has 1 rings (SSSR count). The Bertz CT molecular complexity index is 231. The monoisotopic (exact) mass is 204 g/mol. The SMILES string of the molecule is Br.CC(=O)c1nccn1C. The van der Waals surface area contributed by atoms with E-state index in [1.807, 2.05) is 0 Å². The summed E-state index contributed by atoms with van der Waals surface area (Å²) in [6, 6.07) is 0. The smallest absolute Gasteiger partial charge is 0.195 e. The van der Waals surface area contributed by atoms with Crippen LogP contribution in [0.3, 0.4) is 0 Å². The van der Waals surface area contributed by atoms with Gasteiger partial charge in [0.2, 0.25) is 0 Å². The summed E-state index contributed by atoms with van der Waals surface area (Å²) >= 11 is 0. The van der Waals surface area contributed by atoms with Crippen LogP contribution in [0.15, 0.2) is 12.4 Å². The first-order chi connectivity index (χ1) is 4.22. The lowest BCUT2D eigenvalue weighted by Gasteiger charge is -1.92. The molecule has 0 bridgehead atoms. The highest BCUT2D eigenvalue weighted by Crippen LogP contribution is 1.93. The van der Waals surface area contributed by atoms with Crippen LogP contribution in [-0.2, 0) is 7.05 Å². The Morgan fingerprint density at radius 2 is 2.30 bits per heavy atom. The van der Waals surface area contributed by atoms with Crippen LogP contribution in [0.2, 0.25) is 0 Å². The molecule has 0 fully saturated rings. The predicted octanol–water partition coefficient (Wildman–Crippen LogP) is 1.20. The lowest BCUT2D eigenvalue weighted by molar-refractivity contribution is 0.100. The van der Waals surface area contributed by atoms with Crippen molar-refractivity contribution in [2.45, 2.75) is 6.92 Å². The Morgan fingerprint density at radius 3 is 2.50 bits per heavy atom. The number of halogens is 1. The molecule has 0 radical (unpaired) electrons. The molecule has 1 aromatic rings. The third-order valence-corrected chi connectivity index (χ3v) is 1.14. The van der Waals surface area contributed by atoms with Gasteiger partial charge in [-0.15, -0.1) is 17.0 Å². The molecule has 56 valence electrons. The number of hydrogen-bond donors (Lipinski definition) is 0. The maximum Gasteiger partial charge on any atom is 0.195 e. The maximum atomic E-state index is 10.6. The lowest BCUT2D eigenvalue weighted by Crippen LogP contribution is -2.01. The third kappa shape index (κ3) is 1.67. The van der Waals surface area contributed by atoms with Crippen LogP contribution in [0.1, 0.15) is 17.5 Å². The van der Waals surface area contributed by atoms with Gasteiger partial charge in [0.15, 0.2) is 11.6 Å². The van der Waals surface area contributed by atoms with Crippen molar-refractivity contribution in [2.75, 3.05) is 0 Å². The summed E-state index contributed by atoms with van der Waals surface area (Å²) < 4.78 is 1.70. The van der Waals surface area contributed by atoms with Crippen molar-refractivity contribution in [2.24, 2.45) is 7.05 Å². The number of ketones is 1. The number of carbonyl (C=O) groups is 1. The van der Waals surface area contributed by atoms with E-state index in [1.165, 1.54) is 6.92 Å². The summed E-state index contributed by atoms with van der Waals surface area (Å²) in [6.45, 7) is 1.50. The van der Waals surface area contributed by atoms with Crippen LogP contribution >= 0.6 is 17.0 Å². The molecular formula is C6H9BrN2O. The van der Waals surface area contributed by atoms with Gasteiger partial charge in [-0.25, -0.2) is 4.98 Å². The molecule has 0 aromatic carbocycles. The Morgan fingerprint density at radius 1 is 1.70 bits per heavy atom. The van der Waals surface area contributed by atoms with E-state index < -0.39 is 0 Å². The van der Waals surface area contributed by atoms with Crippen molar-refractivity contribution < 1.29 is 4.79 Å². The largest absolute Gasteiger partial charge is 0.332 e. The number of imidazole rings is 1. The molecule has 1 aromatic heterocycles. The van der Waals surface area contributed by atoms with Crippen LogP contribution in [0.4, 0.5) is 0 Å². The zero-order valence-electron chi connectivity index (χ0n) is 5.87. The molecule has 0 N–H and O–H groups in total. The van der Waals surface area contributed by atoms with Gasteiger partial charge in [0.1, 0.15) is 0 Å². The number of aromatic nitrogens is 2. The number of rotatable bonds is 1. The predicted molar refractivity (Wildman–Crippen MR) is 43.5 cm³/mol. The fraction of sp³-hybridized carbons (Fsp3) is 0.333. The fourth-order valence-electron chi connectivity index (χ4n) is 0.705. The molecule has 10 heavy (non-hydrogen) atoms. The minimum absolute atomic E-state index is 0. The number of aryl methyl sites for hydroxylation is 1. The lowest BCUT2D eigenvalue weighted by atomic mass is 10.4. The Balaban J connectivity index is 0.000000810. The van der Waals surface area contributed by atoms with E-state index in [1.54, 1.807) is 24.0 Å². The van der Waals surface area contributed by atoms with Gasteiger partial charge in [-0.3, -0.25) is 4.79 Å². The molecular weight excluding hydrogens is 196 g/mol. The normalized spacial score (nSPS) is 8.60. The number of hydrogen-bond acceptors (Lipinski definition) is 2. The van der Waals surface area contributed by atoms with E-state index in [9.17, 15) is 4.79 Å². The van der Waals surface area contributed by atoms with Gasteiger partial charge in [-0.05, 0) is 0 Å². The van der Waals surface area contributed by atoms with Gasteiger partial charge in [-0.2, -0.15) is 0 Å². The first kappa shape index (κ1) is 9.36. The molecule has 0 spiro atoms. The average molecular weight is 205 g/mol. The van der Waals surface area contributed by atoms with E-state index in [2.05, 4.69) is 4.98 Å². The van der Waals surface area contributed by atoms with Crippen LogP contribution in [-0.4, -0.2) is 15.3 Å². The highest BCUT2D eigenvalue weighted by atomic mass is 79.9. The second-order valence-electron chi connectivity index (χ2n) is 1.92. The van der Waals surface area contributed by atoms with Crippen molar-refractivity contribution in [3.63, 3.8) is 0 Å². The number of nitrogens with zero attached hydrogens (tertiary/aromatic N) is 2. The highest BCUT2D eigenvalue weighted by Gasteiger charge is 2.01. The highest BCUT2D eigenvalue weighted by molar-refractivity contribution is 8.93. The third-order valence-electron chi connectivity index (χ3n) is 1.14. The first-order valence-corrected chi connectivity index (χ1v) is 2.70. The maximum absolute atomic E-state index is 10.6. The summed E-state index contributed by atoms with van der Waals surface area (Å²) in [5.41, 5.74) is 0. The van der Waals surface area contributed by atoms with Gasteiger partial charge >= 0.3 is 0 Å². The zero-order valence-corrected chi connectivity index (χ0v) is 7.58. The molecule has 0 unspecified atom stereocenters. The minimum atomic E-state index is 0. The van der Waals surface area contributed by atoms with Gasteiger partial charge in [-0.1, -0.05) is 0 Å². The number of carbonyl (C=O) groups excluding carboxylic acids is 1. The molecule has 0 saturated carbocycles.